The largest absolute Gasteiger partial charge is 0.481 e. The van der Waals surface area contributed by atoms with Gasteiger partial charge in [0.05, 0.1) is 16.4 Å². The Morgan fingerprint density at radius 3 is 2.23 bits per heavy atom. The van der Waals surface area contributed by atoms with E-state index in [0.29, 0.717) is 13.1 Å². The van der Waals surface area contributed by atoms with Gasteiger partial charge in [-0.1, -0.05) is 0 Å². The van der Waals surface area contributed by atoms with Crippen LogP contribution in [0.15, 0.2) is 23.1 Å². The second-order valence-corrected chi connectivity index (χ2v) is 8.60. The van der Waals surface area contributed by atoms with E-state index in [1.54, 1.807) is 4.90 Å². The molecule has 1 aromatic carbocycles. The lowest BCUT2D eigenvalue weighted by atomic mass is 9.99. The van der Waals surface area contributed by atoms with E-state index in [0.717, 1.165) is 18.9 Å². The topological polar surface area (TPSA) is 95.0 Å². The zero-order chi connectivity index (χ0) is 18.9. The molecule has 1 aromatic rings. The molecule has 7 nitrogen and oxygen atoms in total. The highest BCUT2D eigenvalue weighted by Gasteiger charge is 2.33. The Morgan fingerprint density at radius 1 is 1.08 bits per heavy atom. The number of amides is 1. The minimum absolute atomic E-state index is 0.0787. The highest BCUT2D eigenvalue weighted by molar-refractivity contribution is 7.89. The van der Waals surface area contributed by atoms with Crippen LogP contribution < -0.4 is 0 Å². The van der Waals surface area contributed by atoms with Crippen LogP contribution in [0.5, 0.6) is 0 Å². The molecular weight excluding hydrogens is 363 g/mol. The summed E-state index contributed by atoms with van der Waals surface area (Å²) in [5.41, 5.74) is -0.129. The Bertz CT molecular complexity index is 812. The van der Waals surface area contributed by atoms with E-state index >= 15 is 0 Å². The molecule has 0 saturated carbocycles. The fraction of sp³-hybridized carbons (Fsp3) is 0.529. The summed E-state index contributed by atoms with van der Waals surface area (Å²) in [7, 11) is -3.92. The molecule has 2 fully saturated rings. The van der Waals surface area contributed by atoms with Gasteiger partial charge in [-0.25, -0.2) is 12.8 Å². The van der Waals surface area contributed by atoms with Crippen LogP contribution in [0, 0.1) is 11.7 Å². The summed E-state index contributed by atoms with van der Waals surface area (Å²) in [6.07, 6.45) is 2.21. The average Bonchev–Trinajstić information content (AvgIpc) is 3.15. The number of sulfonamides is 1. The van der Waals surface area contributed by atoms with E-state index in [2.05, 4.69) is 0 Å². The van der Waals surface area contributed by atoms with E-state index in [1.807, 2.05) is 0 Å². The smallest absolute Gasteiger partial charge is 0.306 e. The third kappa shape index (κ3) is 3.59. The highest BCUT2D eigenvalue weighted by Crippen LogP contribution is 2.26. The Hall–Kier alpha value is -2.00. The van der Waals surface area contributed by atoms with E-state index in [1.165, 1.54) is 16.4 Å². The molecule has 2 saturated heterocycles. The van der Waals surface area contributed by atoms with Crippen LogP contribution >= 0.6 is 0 Å². The maximum absolute atomic E-state index is 14.4. The predicted molar refractivity (Wildman–Crippen MR) is 90.7 cm³/mol. The fourth-order valence-electron chi connectivity index (χ4n) is 3.41. The van der Waals surface area contributed by atoms with E-state index < -0.39 is 33.6 Å². The highest BCUT2D eigenvalue weighted by atomic mass is 32.2. The molecule has 1 amide bonds. The van der Waals surface area contributed by atoms with E-state index in [4.69, 9.17) is 5.11 Å². The molecule has 9 heteroatoms. The van der Waals surface area contributed by atoms with Gasteiger partial charge in [-0.2, -0.15) is 4.31 Å². The lowest BCUT2D eigenvalue weighted by Crippen LogP contribution is -2.40. The standard InChI is InChI=1S/C17H21FN2O5S/c18-15-11-13(3-4-14(15)16(21)19-7-1-2-8-19)26(24,25)20-9-5-12(6-10-20)17(22)23/h3-4,11-12H,1-2,5-10H2,(H,22,23). The molecule has 2 aliphatic heterocycles. The van der Waals surface area contributed by atoms with E-state index in [9.17, 15) is 22.4 Å². The van der Waals surface area contributed by atoms with Crippen LogP contribution in [0.25, 0.3) is 0 Å². The maximum atomic E-state index is 14.4. The van der Waals surface area contributed by atoms with Gasteiger partial charge in [0.15, 0.2) is 0 Å². The van der Waals surface area contributed by atoms with Crippen molar-refractivity contribution < 1.29 is 27.5 Å². The van der Waals surface area contributed by atoms with Crippen molar-refractivity contribution >= 4 is 21.9 Å². The van der Waals surface area contributed by atoms with Crippen molar-refractivity contribution in [3.63, 3.8) is 0 Å². The summed E-state index contributed by atoms with van der Waals surface area (Å²) >= 11 is 0. The minimum Gasteiger partial charge on any atom is -0.481 e. The van der Waals surface area contributed by atoms with Gasteiger partial charge >= 0.3 is 5.97 Å². The first-order valence-electron chi connectivity index (χ1n) is 8.62. The third-order valence-electron chi connectivity index (χ3n) is 5.01. The SMILES string of the molecule is O=C(O)C1CCN(S(=O)(=O)c2ccc(C(=O)N3CCCC3)c(F)c2)CC1. The number of rotatable bonds is 4. The number of benzene rings is 1. The molecule has 0 aromatic heterocycles. The molecule has 0 aliphatic carbocycles. The summed E-state index contributed by atoms with van der Waals surface area (Å²) in [6, 6.07) is 3.33. The summed E-state index contributed by atoms with van der Waals surface area (Å²) < 4.78 is 40.9. The molecule has 0 unspecified atom stereocenters. The van der Waals surface area contributed by atoms with Crippen LogP contribution in [-0.4, -0.2) is 60.8 Å². The molecule has 142 valence electrons. The maximum Gasteiger partial charge on any atom is 0.306 e. The Balaban J connectivity index is 1.77. The lowest BCUT2D eigenvalue weighted by Gasteiger charge is -2.29. The lowest BCUT2D eigenvalue weighted by molar-refractivity contribution is -0.142. The molecule has 2 aliphatic rings. The van der Waals surface area contributed by atoms with Crippen molar-refractivity contribution in [2.45, 2.75) is 30.6 Å². The molecule has 2 heterocycles. The number of carboxylic acid groups (broad SMARTS) is 1. The Kier molecular flexibility index (Phi) is 5.29. The summed E-state index contributed by atoms with van der Waals surface area (Å²) in [5.74, 6) is -2.77. The fourth-order valence-corrected chi connectivity index (χ4v) is 4.89. The quantitative estimate of drug-likeness (QED) is 0.850. The molecular formula is C17H21FN2O5S. The third-order valence-corrected chi connectivity index (χ3v) is 6.90. The van der Waals surface area contributed by atoms with E-state index in [-0.39, 0.29) is 36.4 Å². The number of halogens is 1. The van der Waals surface area contributed by atoms with Gasteiger partial charge in [0.1, 0.15) is 5.82 Å². The number of carboxylic acids is 1. The molecule has 0 radical (unpaired) electrons. The number of hydrogen-bond acceptors (Lipinski definition) is 4. The van der Waals surface area contributed by atoms with Gasteiger partial charge in [-0.05, 0) is 43.9 Å². The van der Waals surface area contributed by atoms with Crippen molar-refractivity contribution in [2.24, 2.45) is 5.92 Å². The van der Waals surface area contributed by atoms with Crippen molar-refractivity contribution in [1.82, 2.24) is 9.21 Å². The number of carbonyl (C=O) groups excluding carboxylic acids is 1. The van der Waals surface area contributed by atoms with Crippen LogP contribution in [0.2, 0.25) is 0 Å². The number of hydrogen-bond donors (Lipinski definition) is 1. The Labute approximate surface area is 151 Å². The number of likely N-dealkylation sites (tertiary alicyclic amines) is 1. The first-order chi connectivity index (χ1) is 12.3. The van der Waals surface area contributed by atoms with Crippen LogP contribution in [0.1, 0.15) is 36.0 Å². The first kappa shape index (κ1) is 18.8. The van der Waals surface area contributed by atoms with Crippen LogP contribution in [0.4, 0.5) is 4.39 Å². The molecule has 3 rings (SSSR count). The second kappa shape index (κ2) is 7.32. The molecule has 0 bridgehead atoms. The van der Waals surface area contributed by atoms with Gasteiger partial charge < -0.3 is 10.0 Å². The van der Waals surface area contributed by atoms with Crippen molar-refractivity contribution in [1.29, 1.82) is 0 Å². The number of piperidine rings is 1. The predicted octanol–water partition coefficient (Wildman–Crippen LogP) is 1.55. The van der Waals surface area contributed by atoms with Crippen molar-refractivity contribution in [2.75, 3.05) is 26.2 Å². The molecule has 0 spiro atoms. The van der Waals surface area contributed by atoms with Gasteiger partial charge in [-0.15, -0.1) is 0 Å². The summed E-state index contributed by atoms with van der Waals surface area (Å²) in [5, 5.41) is 9.00. The van der Waals surface area contributed by atoms with Gasteiger partial charge in [0, 0.05) is 26.2 Å². The number of aliphatic carboxylic acids is 1. The van der Waals surface area contributed by atoms with Gasteiger partial charge in [0.2, 0.25) is 10.0 Å². The minimum atomic E-state index is -3.92. The van der Waals surface area contributed by atoms with Crippen LogP contribution in [-0.2, 0) is 14.8 Å². The normalized spacial score (nSPS) is 19.7. The van der Waals surface area contributed by atoms with Crippen molar-refractivity contribution in [3.05, 3.63) is 29.6 Å². The monoisotopic (exact) mass is 384 g/mol. The number of carbonyl (C=O) groups is 2. The van der Waals surface area contributed by atoms with Gasteiger partial charge in [-0.3, -0.25) is 9.59 Å². The van der Waals surface area contributed by atoms with Gasteiger partial charge in [0.25, 0.3) is 5.91 Å². The molecule has 1 N–H and O–H groups in total. The number of nitrogens with zero attached hydrogens (tertiary/aromatic N) is 2. The summed E-state index contributed by atoms with van der Waals surface area (Å²) in [4.78, 5) is 24.6. The summed E-state index contributed by atoms with van der Waals surface area (Å²) in [6.45, 7) is 1.32. The zero-order valence-electron chi connectivity index (χ0n) is 14.2. The molecule has 0 atom stereocenters. The average molecular weight is 384 g/mol. The Morgan fingerprint density at radius 2 is 1.69 bits per heavy atom. The molecule has 26 heavy (non-hydrogen) atoms. The first-order valence-corrected chi connectivity index (χ1v) is 10.1. The van der Waals surface area contributed by atoms with Crippen LogP contribution in [0.3, 0.4) is 0 Å². The zero-order valence-corrected chi connectivity index (χ0v) is 15.0. The second-order valence-electron chi connectivity index (χ2n) is 6.66. The van der Waals surface area contributed by atoms with Crippen molar-refractivity contribution in [3.8, 4) is 0 Å².